The van der Waals surface area contributed by atoms with E-state index in [4.69, 9.17) is 4.99 Å². The summed E-state index contributed by atoms with van der Waals surface area (Å²) in [4.78, 5) is 16.9. The van der Waals surface area contributed by atoms with E-state index in [0.717, 1.165) is 17.0 Å². The van der Waals surface area contributed by atoms with Crippen molar-refractivity contribution >= 4 is 22.8 Å². The van der Waals surface area contributed by atoms with Crippen LogP contribution in [0, 0.1) is 17.8 Å². The lowest BCUT2D eigenvalue weighted by atomic mass is 9.96. The lowest BCUT2D eigenvalue weighted by Crippen LogP contribution is -2.38. The normalized spacial score (nSPS) is 41.0. The second kappa shape index (κ2) is 6.08. The minimum Gasteiger partial charge on any atom is -0.304 e. The predicted molar refractivity (Wildman–Crippen MR) is 91.2 cm³/mol. The van der Waals surface area contributed by atoms with Crippen molar-refractivity contribution < 1.29 is 7.65 Å². The van der Waals surface area contributed by atoms with Gasteiger partial charge in [0.25, 0.3) is 0 Å². The summed E-state index contributed by atoms with van der Waals surface area (Å²) in [5, 5.41) is 3.86. The average Bonchev–Trinajstić information content (AvgIpc) is 3.08. The minimum atomic E-state index is -0.337. The van der Waals surface area contributed by atoms with Gasteiger partial charge in [0, 0.05) is 2.85 Å². The maximum atomic E-state index is 12.1. The van der Waals surface area contributed by atoms with Crippen LogP contribution in [0.1, 0.15) is 63.2 Å². The molecule has 1 saturated heterocycles. The highest BCUT2D eigenvalue weighted by atomic mass is 32.2. The fraction of sp³-hybridized carbons (Fsp3) is 0.875. The van der Waals surface area contributed by atoms with E-state index in [-0.39, 0.29) is 13.5 Å². The van der Waals surface area contributed by atoms with Gasteiger partial charge in [0.2, 0.25) is 5.91 Å². The molecule has 3 rings (SSSR count). The molecule has 2 bridgehead atoms. The zero-order chi connectivity index (χ0) is 14.9. The van der Waals surface area contributed by atoms with Crippen LogP contribution in [0.15, 0.2) is 4.99 Å². The van der Waals surface area contributed by atoms with Crippen LogP contribution in [0.25, 0.3) is 0 Å². The van der Waals surface area contributed by atoms with E-state index in [2.05, 4.69) is 19.2 Å². The third-order valence-electron chi connectivity index (χ3n) is 5.07. The SMILES string of the molecule is CC.CC(C)[C@]1(C)SC(=N[C@H]2CC3CCC2C3)NC1=O.[HH].[HH]. The smallest absolute Gasteiger partial charge is 0.242 e. The van der Waals surface area contributed by atoms with Gasteiger partial charge in [0.05, 0.1) is 6.04 Å². The number of nitrogens with one attached hydrogen (secondary N) is 1. The number of aliphatic imine (C=N–C) groups is 1. The number of hydrogen-bond acceptors (Lipinski definition) is 3. The summed E-state index contributed by atoms with van der Waals surface area (Å²) < 4.78 is -0.337. The number of rotatable bonds is 2. The average molecular weight is 301 g/mol. The Bertz CT molecular complexity index is 417. The van der Waals surface area contributed by atoms with Gasteiger partial charge in [-0.25, -0.2) is 0 Å². The molecule has 0 aromatic rings. The van der Waals surface area contributed by atoms with Crippen LogP contribution in [0.5, 0.6) is 0 Å². The molecule has 4 heteroatoms. The van der Waals surface area contributed by atoms with Crippen LogP contribution >= 0.6 is 11.8 Å². The number of amides is 1. The first kappa shape index (κ1) is 15.9. The summed E-state index contributed by atoms with van der Waals surface area (Å²) in [5.41, 5.74) is 0. The van der Waals surface area contributed by atoms with E-state index in [9.17, 15) is 4.79 Å². The van der Waals surface area contributed by atoms with Crippen molar-refractivity contribution in [1.29, 1.82) is 0 Å². The van der Waals surface area contributed by atoms with Gasteiger partial charge in [0.15, 0.2) is 5.17 Å². The van der Waals surface area contributed by atoms with E-state index < -0.39 is 0 Å². The molecule has 0 aromatic carbocycles. The third kappa shape index (κ3) is 2.76. The van der Waals surface area contributed by atoms with Crippen LogP contribution in [-0.4, -0.2) is 21.9 Å². The van der Waals surface area contributed by atoms with E-state index in [0.29, 0.717) is 12.0 Å². The number of nitrogens with zero attached hydrogens (tertiary/aromatic N) is 1. The minimum absolute atomic E-state index is 0. The Morgan fingerprint density at radius 1 is 1.35 bits per heavy atom. The molecule has 1 amide bonds. The van der Waals surface area contributed by atoms with Gasteiger partial charge in [-0.05, 0) is 43.9 Å². The molecule has 1 N–H and O–H groups in total. The number of hydrogen-bond donors (Lipinski definition) is 1. The maximum Gasteiger partial charge on any atom is 0.242 e. The molecule has 3 fully saturated rings. The fourth-order valence-corrected chi connectivity index (χ4v) is 4.57. The highest BCUT2D eigenvalue weighted by Crippen LogP contribution is 2.47. The Labute approximate surface area is 130 Å². The molecule has 2 saturated carbocycles. The quantitative estimate of drug-likeness (QED) is 0.825. The second-order valence-electron chi connectivity index (χ2n) is 6.49. The molecule has 3 aliphatic rings. The van der Waals surface area contributed by atoms with Gasteiger partial charge in [0.1, 0.15) is 4.75 Å². The van der Waals surface area contributed by atoms with Gasteiger partial charge in [-0.3, -0.25) is 9.79 Å². The van der Waals surface area contributed by atoms with Crippen molar-refractivity contribution in [2.24, 2.45) is 22.7 Å². The standard InChI is InChI=1S/C14H22N2OS.C2H6.2H2/c1-8(2)14(3)12(17)16-13(18-14)15-11-7-9-4-5-10(11)6-9;1-2;;/h8-11H,4-7H2,1-3H3,(H,15,16,17);1-2H3;2*1H/t9?,10?,11-,14-;;;/m0.../s1. The Balaban J connectivity index is 0.00000106. The third-order valence-corrected chi connectivity index (χ3v) is 6.55. The van der Waals surface area contributed by atoms with Crippen LogP contribution in [0.3, 0.4) is 0 Å². The summed E-state index contributed by atoms with van der Waals surface area (Å²) in [6, 6.07) is 0.473. The molecule has 0 spiro atoms. The molecule has 3 nitrogen and oxygen atoms in total. The zero-order valence-corrected chi connectivity index (χ0v) is 14.2. The first-order valence-electron chi connectivity index (χ1n) is 8.07. The molecular formula is C16H32N2OS. The molecule has 2 unspecified atom stereocenters. The number of carbonyl (C=O) groups excluding carboxylic acids is 1. The molecule has 2 aliphatic carbocycles. The van der Waals surface area contributed by atoms with Crippen molar-refractivity contribution in [3.63, 3.8) is 0 Å². The van der Waals surface area contributed by atoms with E-state index in [1.54, 1.807) is 11.8 Å². The number of thioether (sulfide) groups is 1. The monoisotopic (exact) mass is 300 g/mol. The number of amidine groups is 1. The molecule has 4 atom stereocenters. The number of carbonyl (C=O) groups is 1. The molecular weight excluding hydrogens is 268 g/mol. The van der Waals surface area contributed by atoms with Gasteiger partial charge >= 0.3 is 0 Å². The Morgan fingerprint density at radius 2 is 2.05 bits per heavy atom. The largest absolute Gasteiger partial charge is 0.304 e. The molecule has 1 aliphatic heterocycles. The van der Waals surface area contributed by atoms with Crippen LogP contribution in [0.2, 0.25) is 0 Å². The lowest BCUT2D eigenvalue weighted by molar-refractivity contribution is -0.122. The summed E-state index contributed by atoms with van der Waals surface area (Å²) in [7, 11) is 0. The highest BCUT2D eigenvalue weighted by molar-refractivity contribution is 8.16. The Kier molecular flexibility index (Phi) is 4.83. The van der Waals surface area contributed by atoms with Crippen LogP contribution < -0.4 is 5.32 Å². The van der Waals surface area contributed by atoms with Gasteiger partial charge in [-0.15, -0.1) is 0 Å². The molecule has 1 heterocycles. The summed E-state index contributed by atoms with van der Waals surface area (Å²) in [6.07, 6.45) is 5.34. The molecule has 0 radical (unpaired) electrons. The Morgan fingerprint density at radius 3 is 2.50 bits per heavy atom. The Hall–Kier alpha value is -0.510. The van der Waals surface area contributed by atoms with Gasteiger partial charge < -0.3 is 5.32 Å². The molecule has 118 valence electrons. The molecule has 0 aromatic heterocycles. The predicted octanol–water partition coefficient (Wildman–Crippen LogP) is 4.33. The maximum absolute atomic E-state index is 12.1. The van der Waals surface area contributed by atoms with E-state index in [1.165, 1.54) is 25.7 Å². The summed E-state index contributed by atoms with van der Waals surface area (Å²) in [5.74, 6) is 2.15. The summed E-state index contributed by atoms with van der Waals surface area (Å²) in [6.45, 7) is 10.2. The second-order valence-corrected chi connectivity index (χ2v) is 7.93. The van der Waals surface area contributed by atoms with Gasteiger partial charge in [-0.1, -0.05) is 45.9 Å². The van der Waals surface area contributed by atoms with Crippen molar-refractivity contribution in [3.05, 3.63) is 0 Å². The summed E-state index contributed by atoms with van der Waals surface area (Å²) >= 11 is 1.63. The highest BCUT2D eigenvalue weighted by Gasteiger charge is 2.46. The number of fused-ring (bicyclic) bond motifs is 2. The van der Waals surface area contributed by atoms with Crippen molar-refractivity contribution in [1.82, 2.24) is 5.32 Å². The van der Waals surface area contributed by atoms with Crippen LogP contribution in [0.4, 0.5) is 0 Å². The first-order chi connectivity index (χ1) is 9.49. The van der Waals surface area contributed by atoms with E-state index in [1.807, 2.05) is 20.8 Å². The topological polar surface area (TPSA) is 41.5 Å². The lowest BCUT2D eigenvalue weighted by Gasteiger charge is -2.23. The molecule has 20 heavy (non-hydrogen) atoms. The van der Waals surface area contributed by atoms with Crippen molar-refractivity contribution in [2.45, 2.75) is 71.1 Å². The van der Waals surface area contributed by atoms with Crippen molar-refractivity contribution in [2.75, 3.05) is 0 Å². The van der Waals surface area contributed by atoms with Crippen molar-refractivity contribution in [3.8, 4) is 0 Å². The first-order valence-corrected chi connectivity index (χ1v) is 8.89. The zero-order valence-electron chi connectivity index (χ0n) is 13.4. The van der Waals surface area contributed by atoms with Gasteiger partial charge in [-0.2, -0.15) is 0 Å². The fourth-order valence-electron chi connectivity index (χ4n) is 3.45. The van der Waals surface area contributed by atoms with E-state index >= 15 is 0 Å². The van der Waals surface area contributed by atoms with Crippen LogP contribution in [-0.2, 0) is 4.79 Å².